The van der Waals surface area contributed by atoms with Crippen molar-refractivity contribution in [3.8, 4) is 0 Å². The van der Waals surface area contributed by atoms with Gasteiger partial charge in [-0.25, -0.2) is 0 Å². The van der Waals surface area contributed by atoms with Crippen LogP contribution in [-0.4, -0.2) is 30.1 Å². The van der Waals surface area contributed by atoms with E-state index in [2.05, 4.69) is 18.9 Å². The van der Waals surface area contributed by atoms with Crippen LogP contribution < -0.4 is 5.32 Å². The minimum absolute atomic E-state index is 0.452. The first-order valence-corrected chi connectivity index (χ1v) is 8.82. The molecule has 0 saturated carbocycles. The summed E-state index contributed by atoms with van der Waals surface area (Å²) in [4.78, 5) is 2.61. The largest absolute Gasteiger partial charge is 0.379 e. The van der Waals surface area contributed by atoms with E-state index in [0.717, 1.165) is 29.5 Å². The lowest BCUT2D eigenvalue weighted by molar-refractivity contribution is 0.188. The average molecular weight is 343 g/mol. The fourth-order valence-corrected chi connectivity index (χ4v) is 4.74. The summed E-state index contributed by atoms with van der Waals surface area (Å²) >= 11 is 13.7. The monoisotopic (exact) mass is 342 g/mol. The van der Waals surface area contributed by atoms with Gasteiger partial charge in [-0.15, -0.1) is 0 Å². The molecule has 0 aromatic heterocycles. The van der Waals surface area contributed by atoms with Crippen LogP contribution >= 0.6 is 23.2 Å². The average Bonchev–Trinajstić information content (AvgIpc) is 3.11. The SMILES string of the molecule is Clc1cc(Cl)c(NC2CCN3CCCC3C2)c2c1N=S=N2. The molecule has 1 N–H and O–H groups in total. The maximum absolute atomic E-state index is 6.38. The third-order valence-electron chi connectivity index (χ3n) is 4.61. The van der Waals surface area contributed by atoms with Gasteiger partial charge in [-0.05, 0) is 38.3 Å². The minimum Gasteiger partial charge on any atom is -0.379 e. The van der Waals surface area contributed by atoms with Crippen LogP contribution in [0.3, 0.4) is 0 Å². The number of anilines is 1. The maximum Gasteiger partial charge on any atom is 0.130 e. The van der Waals surface area contributed by atoms with E-state index >= 15 is 0 Å². The zero-order valence-electron chi connectivity index (χ0n) is 11.5. The Morgan fingerprint density at radius 1 is 1.14 bits per heavy atom. The lowest BCUT2D eigenvalue weighted by Crippen LogP contribution is -2.42. The predicted octanol–water partition coefficient (Wildman–Crippen LogP) is 4.76. The van der Waals surface area contributed by atoms with Crippen LogP contribution in [0.2, 0.25) is 10.0 Å². The Morgan fingerprint density at radius 3 is 2.90 bits per heavy atom. The Balaban J connectivity index is 1.58. The molecule has 4 rings (SSSR count). The number of hydrogen-bond donors (Lipinski definition) is 1. The van der Waals surface area contributed by atoms with Gasteiger partial charge < -0.3 is 10.2 Å². The number of piperidine rings is 1. The van der Waals surface area contributed by atoms with E-state index in [1.807, 2.05) is 0 Å². The van der Waals surface area contributed by atoms with Crippen LogP contribution in [0.5, 0.6) is 0 Å². The second-order valence-electron chi connectivity index (χ2n) is 5.87. The third-order valence-corrected chi connectivity index (χ3v) is 5.73. The highest BCUT2D eigenvalue weighted by Gasteiger charge is 2.32. The van der Waals surface area contributed by atoms with Gasteiger partial charge in [0.2, 0.25) is 0 Å². The quantitative estimate of drug-likeness (QED) is 0.854. The summed E-state index contributed by atoms with van der Waals surface area (Å²) in [6.07, 6.45) is 4.98. The number of fused-ring (bicyclic) bond motifs is 2. The van der Waals surface area contributed by atoms with Crippen molar-refractivity contribution in [2.24, 2.45) is 8.73 Å². The van der Waals surface area contributed by atoms with Gasteiger partial charge in [0, 0.05) is 18.6 Å². The Labute approximate surface area is 137 Å². The summed E-state index contributed by atoms with van der Waals surface area (Å²) in [5.74, 6) is 0. The van der Waals surface area contributed by atoms with E-state index in [9.17, 15) is 0 Å². The van der Waals surface area contributed by atoms with Crippen molar-refractivity contribution >= 4 is 51.6 Å². The molecule has 7 heteroatoms. The molecule has 21 heavy (non-hydrogen) atoms. The fraction of sp³-hybridized carbons (Fsp3) is 0.571. The van der Waals surface area contributed by atoms with Crippen LogP contribution in [0.1, 0.15) is 25.7 Å². The van der Waals surface area contributed by atoms with E-state index in [0.29, 0.717) is 16.1 Å². The molecule has 2 unspecified atom stereocenters. The summed E-state index contributed by atoms with van der Waals surface area (Å²) < 4.78 is 8.62. The molecule has 112 valence electrons. The lowest BCUT2D eigenvalue weighted by atomic mass is 9.97. The number of nitrogens with zero attached hydrogens (tertiary/aromatic N) is 3. The molecule has 3 aliphatic heterocycles. The first kappa shape index (κ1) is 14.0. The van der Waals surface area contributed by atoms with Crippen molar-refractivity contribution < 1.29 is 0 Å². The van der Waals surface area contributed by atoms with Crippen LogP contribution in [-0.2, 0) is 11.4 Å². The van der Waals surface area contributed by atoms with E-state index in [4.69, 9.17) is 23.2 Å². The van der Waals surface area contributed by atoms with Gasteiger partial charge in [0.05, 0.1) is 27.1 Å². The van der Waals surface area contributed by atoms with Crippen LogP contribution in [0.15, 0.2) is 14.8 Å². The second-order valence-corrected chi connectivity index (χ2v) is 7.22. The summed E-state index contributed by atoms with van der Waals surface area (Å²) in [7, 11) is 0. The minimum atomic E-state index is 0.452. The Hall–Kier alpha value is -0.620. The van der Waals surface area contributed by atoms with Crippen molar-refractivity contribution in [3.05, 3.63) is 16.1 Å². The highest BCUT2D eigenvalue weighted by Crippen LogP contribution is 2.48. The molecule has 2 saturated heterocycles. The second kappa shape index (κ2) is 5.54. The van der Waals surface area contributed by atoms with E-state index < -0.39 is 0 Å². The molecule has 0 amide bonds. The molecule has 3 aliphatic rings. The summed E-state index contributed by atoms with van der Waals surface area (Å²) in [5.41, 5.74) is 2.43. The highest BCUT2D eigenvalue weighted by molar-refractivity contribution is 7.58. The van der Waals surface area contributed by atoms with Gasteiger partial charge in [0.15, 0.2) is 0 Å². The number of hydrogen-bond acceptors (Lipinski definition) is 4. The van der Waals surface area contributed by atoms with Crippen molar-refractivity contribution in [1.29, 1.82) is 0 Å². The molecule has 0 spiro atoms. The zero-order chi connectivity index (χ0) is 14.4. The normalized spacial score (nSPS) is 27.3. The number of nitrogens with one attached hydrogen (secondary N) is 1. The van der Waals surface area contributed by atoms with Gasteiger partial charge in [-0.3, -0.25) is 0 Å². The zero-order valence-corrected chi connectivity index (χ0v) is 13.8. The van der Waals surface area contributed by atoms with Crippen LogP contribution in [0.25, 0.3) is 0 Å². The first-order chi connectivity index (χ1) is 10.2. The highest BCUT2D eigenvalue weighted by atomic mass is 35.5. The fourth-order valence-electron chi connectivity index (χ4n) is 3.57. The third kappa shape index (κ3) is 2.50. The summed E-state index contributed by atoms with van der Waals surface area (Å²) in [6, 6.07) is 2.94. The molecule has 4 nitrogen and oxygen atoms in total. The molecule has 3 heterocycles. The Kier molecular flexibility index (Phi) is 3.69. The van der Waals surface area contributed by atoms with Gasteiger partial charge >= 0.3 is 0 Å². The molecule has 0 bridgehead atoms. The molecule has 0 aliphatic carbocycles. The smallest absolute Gasteiger partial charge is 0.130 e. The van der Waals surface area contributed by atoms with E-state index in [-0.39, 0.29) is 0 Å². The Morgan fingerprint density at radius 2 is 2.00 bits per heavy atom. The molecule has 2 fully saturated rings. The summed E-state index contributed by atoms with van der Waals surface area (Å²) in [6.45, 7) is 2.44. The van der Waals surface area contributed by atoms with Gasteiger partial charge in [-0.2, -0.15) is 8.73 Å². The Bertz CT molecular complexity index is 657. The first-order valence-electron chi connectivity index (χ1n) is 7.33. The standard InChI is InChI=1S/C14H16Cl2N4S/c15-10-7-11(16)13-14(19-21-18-13)12(10)17-8-3-5-20-4-1-2-9(20)6-8/h7-9,17H,1-6H2. The van der Waals surface area contributed by atoms with Gasteiger partial charge in [0.1, 0.15) is 11.4 Å². The molecular formula is C14H16Cl2N4S. The number of halogens is 2. The number of benzene rings is 1. The van der Waals surface area contributed by atoms with Gasteiger partial charge in [0.25, 0.3) is 0 Å². The van der Waals surface area contributed by atoms with Crippen molar-refractivity contribution in [1.82, 2.24) is 4.90 Å². The van der Waals surface area contributed by atoms with E-state index in [1.165, 1.54) is 43.7 Å². The van der Waals surface area contributed by atoms with Crippen molar-refractivity contribution in [3.63, 3.8) is 0 Å². The predicted molar refractivity (Wildman–Crippen MR) is 89.2 cm³/mol. The molecule has 0 radical (unpaired) electrons. The van der Waals surface area contributed by atoms with Gasteiger partial charge in [-0.1, -0.05) is 23.2 Å². The molecule has 1 aromatic rings. The topological polar surface area (TPSA) is 40.0 Å². The van der Waals surface area contributed by atoms with Crippen LogP contribution in [0, 0.1) is 0 Å². The molecule has 1 aromatic carbocycles. The molecular weight excluding hydrogens is 327 g/mol. The van der Waals surface area contributed by atoms with E-state index in [1.54, 1.807) is 6.07 Å². The van der Waals surface area contributed by atoms with Crippen molar-refractivity contribution in [2.75, 3.05) is 18.4 Å². The lowest BCUT2D eigenvalue weighted by Gasteiger charge is -2.35. The maximum atomic E-state index is 6.38. The van der Waals surface area contributed by atoms with Crippen molar-refractivity contribution in [2.45, 2.75) is 37.8 Å². The molecule has 2 atom stereocenters. The number of rotatable bonds is 2. The summed E-state index contributed by atoms with van der Waals surface area (Å²) in [5, 5.41) is 4.81. The van der Waals surface area contributed by atoms with Crippen LogP contribution in [0.4, 0.5) is 17.1 Å².